The second-order valence-electron chi connectivity index (χ2n) is 10.4. The third kappa shape index (κ3) is 5.09. The highest BCUT2D eigenvalue weighted by Crippen LogP contribution is 2.37. The lowest BCUT2D eigenvalue weighted by Gasteiger charge is -2.32. The molecule has 1 N–H and O–H groups in total. The van der Waals surface area contributed by atoms with Crippen LogP contribution in [-0.2, 0) is 12.7 Å². The van der Waals surface area contributed by atoms with Gasteiger partial charge in [-0.3, -0.25) is 19.3 Å². The molecule has 2 aliphatic rings. The molecule has 0 unspecified atom stereocenters. The molecular weight excluding hydrogens is 531 g/mol. The van der Waals surface area contributed by atoms with E-state index < -0.39 is 23.6 Å². The fourth-order valence-corrected chi connectivity index (χ4v) is 5.69. The van der Waals surface area contributed by atoms with Gasteiger partial charge in [-0.15, -0.1) is 0 Å². The summed E-state index contributed by atoms with van der Waals surface area (Å²) < 4.78 is 40.0. The number of benzene rings is 4. The first-order chi connectivity index (χ1) is 19.7. The second-order valence-corrected chi connectivity index (χ2v) is 10.4. The molecule has 4 aromatic carbocycles. The van der Waals surface area contributed by atoms with Crippen molar-refractivity contribution in [3.8, 4) is 0 Å². The van der Waals surface area contributed by atoms with Crippen molar-refractivity contribution >= 4 is 34.2 Å². The van der Waals surface area contributed by atoms with Crippen LogP contribution in [0.5, 0.6) is 0 Å². The Bertz CT molecular complexity index is 1640. The Kier molecular flexibility index (Phi) is 6.83. The minimum Gasteiger partial charge on any atom is -0.349 e. The fourth-order valence-electron chi connectivity index (χ4n) is 5.69. The molecule has 1 saturated heterocycles. The van der Waals surface area contributed by atoms with Crippen molar-refractivity contribution in [1.29, 1.82) is 0 Å². The number of nitrogens with one attached hydrogen (secondary N) is 1. The minimum atomic E-state index is -4.63. The van der Waals surface area contributed by atoms with E-state index in [0.717, 1.165) is 55.6 Å². The number of amides is 3. The van der Waals surface area contributed by atoms with Gasteiger partial charge in [-0.05, 0) is 60.2 Å². The van der Waals surface area contributed by atoms with Crippen molar-refractivity contribution in [2.45, 2.75) is 31.6 Å². The van der Waals surface area contributed by atoms with Gasteiger partial charge in [0.15, 0.2) is 0 Å². The Hall–Kier alpha value is -4.50. The van der Waals surface area contributed by atoms with Crippen LogP contribution in [0.2, 0.25) is 0 Å². The normalized spacial score (nSPS) is 16.3. The number of piperidine rings is 1. The number of anilines is 1. The van der Waals surface area contributed by atoms with Gasteiger partial charge in [0.25, 0.3) is 17.7 Å². The molecule has 1 fully saturated rings. The van der Waals surface area contributed by atoms with Gasteiger partial charge < -0.3 is 5.32 Å². The summed E-state index contributed by atoms with van der Waals surface area (Å²) in [6.45, 7) is 2.55. The van der Waals surface area contributed by atoms with E-state index in [2.05, 4.69) is 22.3 Å². The highest BCUT2D eigenvalue weighted by atomic mass is 19.4. The number of alkyl halides is 3. The predicted molar refractivity (Wildman–Crippen MR) is 149 cm³/mol. The number of nitrogens with zero attached hydrogens (tertiary/aromatic N) is 2. The smallest absolute Gasteiger partial charge is 0.349 e. The van der Waals surface area contributed by atoms with Crippen LogP contribution < -0.4 is 10.2 Å². The molecule has 0 spiro atoms. The predicted octanol–water partition coefficient (Wildman–Crippen LogP) is 6.05. The fraction of sp³-hybridized carbons (Fsp3) is 0.219. The maximum atomic E-state index is 13.5. The average molecular weight is 558 g/mol. The van der Waals surface area contributed by atoms with E-state index in [9.17, 15) is 27.6 Å². The number of hydrogen-bond donors (Lipinski definition) is 1. The van der Waals surface area contributed by atoms with Gasteiger partial charge in [0.05, 0.1) is 11.3 Å². The molecular formula is C32H26F3N3O3. The van der Waals surface area contributed by atoms with Gasteiger partial charge in [0, 0.05) is 47.8 Å². The number of likely N-dealkylation sites (tertiary alicyclic amines) is 1. The maximum absolute atomic E-state index is 13.5. The first-order valence-corrected chi connectivity index (χ1v) is 13.4. The topological polar surface area (TPSA) is 69.7 Å². The molecule has 0 atom stereocenters. The van der Waals surface area contributed by atoms with Gasteiger partial charge in [0.1, 0.15) is 0 Å². The lowest BCUT2D eigenvalue weighted by molar-refractivity contribution is -0.137. The summed E-state index contributed by atoms with van der Waals surface area (Å²) in [6, 6.07) is 22.2. The summed E-state index contributed by atoms with van der Waals surface area (Å²) in [6.07, 6.45) is -3.04. The number of rotatable bonds is 5. The van der Waals surface area contributed by atoms with E-state index in [0.29, 0.717) is 16.3 Å². The van der Waals surface area contributed by atoms with Crippen LogP contribution in [0.4, 0.5) is 18.9 Å². The van der Waals surface area contributed by atoms with Gasteiger partial charge in [0.2, 0.25) is 0 Å². The van der Waals surface area contributed by atoms with Crippen LogP contribution >= 0.6 is 0 Å². The number of hydrogen-bond acceptors (Lipinski definition) is 4. The number of halogens is 3. The molecule has 0 radical (unpaired) electrons. The third-order valence-electron chi connectivity index (χ3n) is 7.76. The van der Waals surface area contributed by atoms with Crippen LogP contribution in [0.1, 0.15) is 55.0 Å². The average Bonchev–Trinajstić information content (AvgIpc) is 2.97. The third-order valence-corrected chi connectivity index (χ3v) is 7.76. The Morgan fingerprint density at radius 1 is 0.829 bits per heavy atom. The van der Waals surface area contributed by atoms with Crippen molar-refractivity contribution in [3.63, 3.8) is 0 Å². The molecule has 0 saturated carbocycles. The first-order valence-electron chi connectivity index (χ1n) is 13.4. The van der Waals surface area contributed by atoms with E-state index in [1.807, 2.05) is 18.2 Å². The number of carbonyl (C=O) groups is 3. The van der Waals surface area contributed by atoms with Gasteiger partial charge in [-0.1, -0.05) is 48.5 Å². The zero-order chi connectivity index (χ0) is 28.7. The van der Waals surface area contributed by atoms with E-state index >= 15 is 0 Å². The van der Waals surface area contributed by atoms with Gasteiger partial charge in [-0.25, -0.2) is 4.90 Å². The zero-order valence-electron chi connectivity index (χ0n) is 21.9. The first kappa shape index (κ1) is 26.7. The highest BCUT2D eigenvalue weighted by Gasteiger charge is 2.37. The molecule has 208 valence electrons. The molecule has 0 bridgehead atoms. The molecule has 4 aromatic rings. The lowest BCUT2D eigenvalue weighted by Crippen LogP contribution is -2.44. The summed E-state index contributed by atoms with van der Waals surface area (Å²) in [5.74, 6) is -1.78. The number of imide groups is 1. The van der Waals surface area contributed by atoms with E-state index in [-0.39, 0.29) is 28.8 Å². The zero-order valence-corrected chi connectivity index (χ0v) is 21.9. The molecule has 3 amide bonds. The van der Waals surface area contributed by atoms with E-state index in [4.69, 9.17) is 0 Å². The van der Waals surface area contributed by atoms with Crippen molar-refractivity contribution in [1.82, 2.24) is 10.2 Å². The molecule has 41 heavy (non-hydrogen) atoms. The summed E-state index contributed by atoms with van der Waals surface area (Å²) in [7, 11) is 0. The van der Waals surface area contributed by atoms with Crippen molar-refractivity contribution in [3.05, 3.63) is 113 Å². The second kappa shape index (κ2) is 10.5. The van der Waals surface area contributed by atoms with Crippen LogP contribution in [0.25, 0.3) is 10.8 Å². The summed E-state index contributed by atoms with van der Waals surface area (Å²) in [5.41, 5.74) is 0.757. The highest BCUT2D eigenvalue weighted by molar-refractivity contribution is 6.36. The summed E-state index contributed by atoms with van der Waals surface area (Å²) >= 11 is 0. The quantitative estimate of drug-likeness (QED) is 0.303. The Morgan fingerprint density at radius 2 is 1.51 bits per heavy atom. The van der Waals surface area contributed by atoms with Crippen LogP contribution in [-0.4, -0.2) is 41.8 Å². The lowest BCUT2D eigenvalue weighted by atomic mass is 9.90. The van der Waals surface area contributed by atoms with E-state index in [1.54, 1.807) is 18.2 Å². The van der Waals surface area contributed by atoms with Gasteiger partial charge in [-0.2, -0.15) is 13.2 Å². The number of carbonyl (C=O) groups excluding carboxylic acids is 3. The molecule has 0 aliphatic carbocycles. The molecule has 6 rings (SSSR count). The summed E-state index contributed by atoms with van der Waals surface area (Å²) in [4.78, 5) is 43.4. The molecule has 0 aromatic heterocycles. The van der Waals surface area contributed by atoms with E-state index in [1.165, 1.54) is 23.8 Å². The Labute approximate surface area is 234 Å². The molecule has 2 aliphatic heterocycles. The summed E-state index contributed by atoms with van der Waals surface area (Å²) in [5, 5.41) is 3.89. The SMILES string of the molecule is O=C(NC1CCN(Cc2ccccc2)CC1)c1ccc2c3c(cccc13)C(=O)N(c1cccc(C(F)(F)F)c1)C2=O. The monoisotopic (exact) mass is 557 g/mol. The Balaban J connectivity index is 1.23. The van der Waals surface area contributed by atoms with Crippen molar-refractivity contribution in [2.24, 2.45) is 0 Å². The van der Waals surface area contributed by atoms with Crippen LogP contribution in [0, 0.1) is 0 Å². The molecule has 2 heterocycles. The molecule has 9 heteroatoms. The van der Waals surface area contributed by atoms with Crippen LogP contribution in [0.15, 0.2) is 84.9 Å². The molecule has 6 nitrogen and oxygen atoms in total. The van der Waals surface area contributed by atoms with Crippen molar-refractivity contribution in [2.75, 3.05) is 18.0 Å². The maximum Gasteiger partial charge on any atom is 0.416 e. The largest absolute Gasteiger partial charge is 0.416 e. The van der Waals surface area contributed by atoms with Crippen molar-refractivity contribution < 1.29 is 27.6 Å². The van der Waals surface area contributed by atoms with Gasteiger partial charge >= 0.3 is 6.18 Å². The minimum absolute atomic E-state index is 0.0139. The Morgan fingerprint density at radius 3 is 2.22 bits per heavy atom. The van der Waals surface area contributed by atoms with Crippen LogP contribution in [0.3, 0.4) is 0 Å². The standard InChI is InChI=1S/C32H26F3N3O3/c33-32(34,35)21-8-4-9-23(18-21)38-30(40)26-11-5-10-24-25(12-13-27(28(24)26)31(38)41)29(39)36-22-14-16-37(17-15-22)19-20-6-2-1-3-7-20/h1-13,18,22H,14-17,19H2,(H,36,39).